The summed E-state index contributed by atoms with van der Waals surface area (Å²) in [5.74, 6) is 0.151. The van der Waals surface area contributed by atoms with Crippen LogP contribution >= 0.6 is 11.6 Å². The molecule has 2 aliphatic heterocycles. The van der Waals surface area contributed by atoms with Gasteiger partial charge in [-0.05, 0) is 42.9 Å². The van der Waals surface area contributed by atoms with Gasteiger partial charge in [-0.2, -0.15) is 0 Å². The van der Waals surface area contributed by atoms with Gasteiger partial charge in [0.05, 0.1) is 10.5 Å². The molecule has 0 radical (unpaired) electrons. The maximum atomic E-state index is 12.5. The van der Waals surface area contributed by atoms with Crippen LogP contribution in [0.4, 0.5) is 0 Å². The summed E-state index contributed by atoms with van der Waals surface area (Å²) in [6.07, 6.45) is 7.50. The van der Waals surface area contributed by atoms with Gasteiger partial charge >= 0.3 is 0 Å². The number of hydrogen-bond acceptors (Lipinski definition) is 3. The molecule has 2 aliphatic rings. The Morgan fingerprint density at radius 1 is 1.16 bits per heavy atom. The summed E-state index contributed by atoms with van der Waals surface area (Å²) in [6.45, 7) is 2.17. The van der Waals surface area contributed by atoms with E-state index in [9.17, 15) is 4.79 Å². The maximum absolute atomic E-state index is 12.5. The summed E-state index contributed by atoms with van der Waals surface area (Å²) in [4.78, 5) is 19.0. The fraction of sp³-hybridized carbons (Fsp3) is 0.308. The van der Waals surface area contributed by atoms with Crippen LogP contribution in [0.2, 0.25) is 5.02 Å². The Labute approximate surface area is 187 Å². The van der Waals surface area contributed by atoms with Crippen LogP contribution in [0.1, 0.15) is 24.8 Å². The molecular weight excluding hydrogens is 408 g/mol. The lowest BCUT2D eigenvalue weighted by Crippen LogP contribution is -2.41. The Balaban J connectivity index is 1.26. The van der Waals surface area contributed by atoms with Crippen LogP contribution in [0.5, 0.6) is 0 Å². The first kappa shape index (κ1) is 20.2. The number of hydrogen-bond donors (Lipinski definition) is 0. The molecule has 4 nitrogen and oxygen atoms in total. The minimum Gasteiger partial charge on any atom is -0.368 e. The predicted octanol–water partition coefficient (Wildman–Crippen LogP) is 5.44. The smallest absolute Gasteiger partial charge is 0.251 e. The highest BCUT2D eigenvalue weighted by Gasteiger charge is 2.28. The lowest BCUT2D eigenvalue weighted by atomic mass is 9.97. The van der Waals surface area contributed by atoms with Crippen molar-refractivity contribution in [3.05, 3.63) is 77.0 Å². The van der Waals surface area contributed by atoms with Crippen molar-refractivity contribution in [1.82, 2.24) is 9.88 Å². The molecule has 3 heterocycles. The zero-order valence-electron chi connectivity index (χ0n) is 17.4. The van der Waals surface area contributed by atoms with Crippen LogP contribution in [-0.4, -0.2) is 41.6 Å². The van der Waals surface area contributed by atoms with Crippen molar-refractivity contribution >= 4 is 28.4 Å². The molecule has 0 spiro atoms. The van der Waals surface area contributed by atoms with Gasteiger partial charge < -0.3 is 9.64 Å². The number of halogens is 1. The van der Waals surface area contributed by atoms with Gasteiger partial charge in [0, 0.05) is 36.8 Å². The number of rotatable bonds is 4. The molecular formula is C26H25ClN2O2. The topological polar surface area (TPSA) is 42.4 Å². The zero-order chi connectivity index (χ0) is 21.2. The highest BCUT2D eigenvalue weighted by atomic mass is 35.5. The molecule has 158 valence electrons. The number of amides is 1. The number of nitrogens with zero attached hydrogens (tertiary/aromatic N) is 2. The zero-order valence-corrected chi connectivity index (χ0v) is 18.1. The summed E-state index contributed by atoms with van der Waals surface area (Å²) < 4.78 is 5.54. The molecule has 2 aromatic carbocycles. The minimum atomic E-state index is -0.223. The van der Waals surface area contributed by atoms with E-state index in [1.54, 1.807) is 0 Å². The van der Waals surface area contributed by atoms with Crippen LogP contribution in [-0.2, 0) is 16.0 Å². The van der Waals surface area contributed by atoms with Gasteiger partial charge in [-0.25, -0.2) is 0 Å². The first-order chi connectivity index (χ1) is 15.2. The van der Waals surface area contributed by atoms with Crippen molar-refractivity contribution < 1.29 is 9.53 Å². The van der Waals surface area contributed by atoms with Gasteiger partial charge in [-0.15, -0.1) is 0 Å². The van der Waals surface area contributed by atoms with Gasteiger partial charge in [0.15, 0.2) is 0 Å². The van der Waals surface area contributed by atoms with E-state index < -0.39 is 0 Å². The average molecular weight is 433 g/mol. The van der Waals surface area contributed by atoms with Gasteiger partial charge in [-0.3, -0.25) is 9.78 Å². The van der Waals surface area contributed by atoms with Gasteiger partial charge in [0.2, 0.25) is 0 Å². The van der Waals surface area contributed by atoms with Crippen LogP contribution in [0.15, 0.2) is 66.4 Å². The minimum absolute atomic E-state index is 0.151. The predicted molar refractivity (Wildman–Crippen MR) is 124 cm³/mol. The third kappa shape index (κ3) is 4.23. The van der Waals surface area contributed by atoms with Crippen molar-refractivity contribution in [1.29, 1.82) is 0 Å². The van der Waals surface area contributed by atoms with Crippen molar-refractivity contribution in [2.24, 2.45) is 0 Å². The second-order valence-electron chi connectivity index (χ2n) is 8.27. The fourth-order valence-electron chi connectivity index (χ4n) is 4.42. The van der Waals surface area contributed by atoms with E-state index in [0.29, 0.717) is 13.2 Å². The number of aromatic nitrogens is 1. The molecule has 0 saturated carbocycles. The van der Waals surface area contributed by atoms with E-state index in [2.05, 4.69) is 35.3 Å². The first-order valence-electron chi connectivity index (χ1n) is 10.9. The van der Waals surface area contributed by atoms with E-state index in [0.717, 1.165) is 59.3 Å². The van der Waals surface area contributed by atoms with E-state index >= 15 is 0 Å². The Hall–Kier alpha value is -2.69. The second kappa shape index (κ2) is 8.81. The summed E-state index contributed by atoms with van der Waals surface area (Å²) >= 11 is 6.67. The van der Waals surface area contributed by atoms with Crippen molar-refractivity contribution in [3.8, 4) is 11.1 Å². The van der Waals surface area contributed by atoms with Crippen LogP contribution < -0.4 is 0 Å². The number of benzene rings is 2. The van der Waals surface area contributed by atoms with Gasteiger partial charge in [-0.1, -0.05) is 65.7 Å². The molecule has 0 bridgehead atoms. The SMILES string of the molecule is O=C(C1CCCO1)N1CC=C(Cc2ccc(-c3cnc4ccccc4c3Cl)cc2)CC1. The molecule has 3 aromatic rings. The molecule has 1 amide bonds. The Morgan fingerprint density at radius 3 is 2.74 bits per heavy atom. The molecule has 5 rings (SSSR count). The van der Waals surface area contributed by atoms with E-state index in [1.807, 2.05) is 35.4 Å². The Kier molecular flexibility index (Phi) is 5.75. The monoisotopic (exact) mass is 432 g/mol. The lowest BCUT2D eigenvalue weighted by molar-refractivity contribution is -0.140. The van der Waals surface area contributed by atoms with Gasteiger partial charge in [0.1, 0.15) is 6.10 Å². The number of carbonyl (C=O) groups is 1. The molecule has 5 heteroatoms. The number of pyridine rings is 1. The molecule has 31 heavy (non-hydrogen) atoms. The van der Waals surface area contributed by atoms with Crippen molar-refractivity contribution in [3.63, 3.8) is 0 Å². The fourth-order valence-corrected chi connectivity index (χ4v) is 4.74. The van der Waals surface area contributed by atoms with Crippen molar-refractivity contribution in [2.45, 2.75) is 31.8 Å². The molecule has 1 aromatic heterocycles. The van der Waals surface area contributed by atoms with Gasteiger partial charge in [0.25, 0.3) is 5.91 Å². The second-order valence-corrected chi connectivity index (χ2v) is 8.65. The molecule has 0 N–H and O–H groups in total. The van der Waals surface area contributed by atoms with Crippen LogP contribution in [0.3, 0.4) is 0 Å². The summed E-state index contributed by atoms with van der Waals surface area (Å²) in [5, 5.41) is 1.71. The third-order valence-corrected chi connectivity index (χ3v) is 6.63. The molecule has 1 saturated heterocycles. The van der Waals surface area contributed by atoms with E-state index in [1.165, 1.54) is 11.1 Å². The summed E-state index contributed by atoms with van der Waals surface area (Å²) in [7, 11) is 0. The van der Waals surface area contributed by atoms with Crippen LogP contribution in [0, 0.1) is 0 Å². The molecule has 1 atom stereocenters. The number of fused-ring (bicyclic) bond motifs is 1. The quantitative estimate of drug-likeness (QED) is 0.516. The number of para-hydroxylation sites is 1. The standard InChI is InChI=1S/C26H25ClN2O2/c27-25-21-4-1-2-5-23(21)28-17-22(25)20-9-7-18(8-10-20)16-19-11-13-29(14-12-19)26(30)24-6-3-15-31-24/h1-2,4-5,7-11,17,24H,3,6,12-16H2. The molecule has 0 aliphatic carbocycles. The van der Waals surface area contributed by atoms with E-state index in [-0.39, 0.29) is 12.0 Å². The normalized spacial score (nSPS) is 18.9. The first-order valence-corrected chi connectivity index (χ1v) is 11.3. The molecule has 1 unspecified atom stereocenters. The molecule has 1 fully saturated rings. The summed E-state index contributed by atoms with van der Waals surface area (Å²) in [6, 6.07) is 16.5. The van der Waals surface area contributed by atoms with E-state index in [4.69, 9.17) is 16.3 Å². The lowest BCUT2D eigenvalue weighted by Gasteiger charge is -2.28. The maximum Gasteiger partial charge on any atom is 0.251 e. The highest BCUT2D eigenvalue weighted by Crippen LogP contribution is 2.33. The third-order valence-electron chi connectivity index (χ3n) is 6.23. The summed E-state index contributed by atoms with van der Waals surface area (Å²) in [5.41, 5.74) is 5.57. The number of carbonyl (C=O) groups excluding carboxylic acids is 1. The van der Waals surface area contributed by atoms with Crippen LogP contribution in [0.25, 0.3) is 22.0 Å². The Bertz CT molecular complexity index is 1130. The number of ether oxygens (including phenoxy) is 1. The van der Waals surface area contributed by atoms with Crippen molar-refractivity contribution in [2.75, 3.05) is 19.7 Å². The largest absolute Gasteiger partial charge is 0.368 e. The average Bonchev–Trinajstić information content (AvgIpc) is 3.35. The highest BCUT2D eigenvalue weighted by molar-refractivity contribution is 6.38. The Morgan fingerprint density at radius 2 is 2.00 bits per heavy atom.